The number of aliphatic hydroxyl groups excluding tert-OH is 1. The fraction of sp³-hybridized carbons (Fsp3) is 0.316. The Bertz CT molecular complexity index is 1130. The van der Waals surface area contributed by atoms with Crippen LogP contribution in [0.1, 0.15) is 17.5 Å². The number of aromatic nitrogens is 3. The molecule has 152 valence electrons. The molecule has 1 aliphatic rings. The van der Waals surface area contributed by atoms with E-state index in [2.05, 4.69) is 20.3 Å². The highest BCUT2D eigenvalue weighted by atomic mass is 19.4. The highest BCUT2D eigenvalue weighted by molar-refractivity contribution is 5.91. The first-order valence-corrected chi connectivity index (χ1v) is 8.99. The minimum atomic E-state index is -4.50. The quantitative estimate of drug-likeness (QED) is 0.620. The number of pyridine rings is 1. The van der Waals surface area contributed by atoms with E-state index in [4.69, 9.17) is 0 Å². The molecule has 3 heterocycles. The van der Waals surface area contributed by atoms with E-state index in [1.54, 1.807) is 24.0 Å². The number of aliphatic hydroxyl groups is 1. The van der Waals surface area contributed by atoms with Crippen LogP contribution in [0.25, 0.3) is 10.9 Å². The Hall–Kier alpha value is -3.14. The van der Waals surface area contributed by atoms with E-state index in [-0.39, 0.29) is 16.9 Å². The van der Waals surface area contributed by atoms with Gasteiger partial charge in [-0.2, -0.15) is 18.2 Å². The lowest BCUT2D eigenvalue weighted by molar-refractivity contribution is -0.137. The van der Waals surface area contributed by atoms with Gasteiger partial charge in [-0.3, -0.25) is 4.79 Å². The van der Waals surface area contributed by atoms with Gasteiger partial charge in [0.2, 0.25) is 5.95 Å². The number of aryl methyl sites for hydroxylation is 1. The normalized spacial score (nSPS) is 17.1. The molecule has 3 aromatic rings. The van der Waals surface area contributed by atoms with Gasteiger partial charge in [-0.25, -0.2) is 4.98 Å². The van der Waals surface area contributed by atoms with Crippen molar-refractivity contribution in [2.24, 2.45) is 0 Å². The summed E-state index contributed by atoms with van der Waals surface area (Å²) < 4.78 is 39.5. The molecule has 0 unspecified atom stereocenters. The standard InChI is InChI=1S/C19H18F3N5O2/c1-10-6-11(19(20,21)22)8-12(7-10)24-16-15-14(2-4-23-17(15)29)25-18(26-16)27-5-3-13(28)9-27/h2,4,6-8,13,28H,3,5,9H2,1H3,(H,23,29)(H,24,25,26)/t13-/m1/s1. The number of H-pyrrole nitrogens is 1. The van der Waals surface area contributed by atoms with Crippen LogP contribution in [0, 0.1) is 6.92 Å². The molecule has 0 aliphatic carbocycles. The summed E-state index contributed by atoms with van der Waals surface area (Å²) in [5, 5.41) is 12.8. The summed E-state index contributed by atoms with van der Waals surface area (Å²) in [6.07, 6.45) is -2.99. The predicted molar refractivity (Wildman–Crippen MR) is 102 cm³/mol. The number of benzene rings is 1. The van der Waals surface area contributed by atoms with Crippen LogP contribution in [0.3, 0.4) is 0 Å². The van der Waals surface area contributed by atoms with Crippen LogP contribution in [-0.2, 0) is 6.18 Å². The van der Waals surface area contributed by atoms with Crippen LogP contribution >= 0.6 is 0 Å². The fourth-order valence-electron chi connectivity index (χ4n) is 3.39. The zero-order chi connectivity index (χ0) is 20.8. The molecule has 1 saturated heterocycles. The van der Waals surface area contributed by atoms with Crippen molar-refractivity contribution in [2.75, 3.05) is 23.3 Å². The van der Waals surface area contributed by atoms with Gasteiger partial charge in [-0.1, -0.05) is 0 Å². The van der Waals surface area contributed by atoms with E-state index in [9.17, 15) is 23.1 Å². The van der Waals surface area contributed by atoms with Crippen LogP contribution in [0.2, 0.25) is 0 Å². The second-order valence-corrected chi connectivity index (χ2v) is 7.04. The van der Waals surface area contributed by atoms with Crippen LogP contribution in [0.4, 0.5) is 30.6 Å². The highest BCUT2D eigenvalue weighted by Gasteiger charge is 2.31. The lowest BCUT2D eigenvalue weighted by Gasteiger charge is -2.18. The summed E-state index contributed by atoms with van der Waals surface area (Å²) in [6, 6.07) is 5.15. The van der Waals surface area contributed by atoms with Crippen LogP contribution in [-0.4, -0.2) is 39.3 Å². The van der Waals surface area contributed by atoms with Crippen molar-refractivity contribution >= 4 is 28.4 Å². The summed E-state index contributed by atoms with van der Waals surface area (Å²) in [6.45, 7) is 2.44. The summed E-state index contributed by atoms with van der Waals surface area (Å²) in [5.74, 6) is 0.401. The van der Waals surface area contributed by atoms with Gasteiger partial charge >= 0.3 is 6.18 Å². The predicted octanol–water partition coefficient (Wildman–Crippen LogP) is 2.96. The first-order chi connectivity index (χ1) is 13.7. The zero-order valence-electron chi connectivity index (χ0n) is 15.4. The van der Waals surface area contributed by atoms with Crippen molar-refractivity contribution in [3.63, 3.8) is 0 Å². The van der Waals surface area contributed by atoms with Gasteiger partial charge in [0.05, 0.1) is 17.2 Å². The SMILES string of the molecule is Cc1cc(Nc2nc(N3CC[C@@H](O)C3)nc3cc[nH]c(=O)c23)cc(C(F)(F)F)c1. The molecule has 3 N–H and O–H groups in total. The Balaban J connectivity index is 1.82. The first kappa shape index (κ1) is 19.2. The van der Waals surface area contributed by atoms with Gasteiger partial charge in [0.15, 0.2) is 0 Å². The molecule has 0 saturated carbocycles. The number of halogens is 3. The van der Waals surface area contributed by atoms with Crippen molar-refractivity contribution in [3.8, 4) is 0 Å². The average molecular weight is 405 g/mol. The van der Waals surface area contributed by atoms with Gasteiger partial charge in [-0.05, 0) is 43.2 Å². The molecule has 29 heavy (non-hydrogen) atoms. The van der Waals surface area contributed by atoms with E-state index in [1.165, 1.54) is 6.20 Å². The Morgan fingerprint density at radius 3 is 2.76 bits per heavy atom. The van der Waals surface area contributed by atoms with Gasteiger partial charge in [0.25, 0.3) is 5.56 Å². The van der Waals surface area contributed by atoms with E-state index in [0.717, 1.165) is 12.1 Å². The lowest BCUT2D eigenvalue weighted by Crippen LogP contribution is -2.24. The molecule has 1 fully saturated rings. The summed E-state index contributed by atoms with van der Waals surface area (Å²) in [5.41, 5.74) is -0.325. The minimum absolute atomic E-state index is 0.104. The maximum absolute atomic E-state index is 13.2. The van der Waals surface area contributed by atoms with E-state index in [1.807, 2.05) is 0 Å². The molecule has 4 rings (SSSR count). The Morgan fingerprint density at radius 2 is 2.07 bits per heavy atom. The molecule has 10 heteroatoms. The maximum atomic E-state index is 13.2. The molecule has 1 atom stereocenters. The maximum Gasteiger partial charge on any atom is 0.416 e. The topological polar surface area (TPSA) is 94.1 Å². The summed E-state index contributed by atoms with van der Waals surface area (Å²) in [4.78, 5) is 25.4. The van der Waals surface area contributed by atoms with Crippen molar-refractivity contribution in [2.45, 2.75) is 25.6 Å². The van der Waals surface area contributed by atoms with E-state index in [0.29, 0.717) is 36.5 Å². The third-order valence-corrected chi connectivity index (χ3v) is 4.72. The molecular weight excluding hydrogens is 387 g/mol. The number of β-amino-alcohol motifs (C(OH)–C–C–N with tert-alkyl or cyclic N) is 1. The second-order valence-electron chi connectivity index (χ2n) is 7.04. The number of hydrogen-bond donors (Lipinski definition) is 3. The van der Waals surface area contributed by atoms with E-state index >= 15 is 0 Å². The third kappa shape index (κ3) is 3.88. The number of nitrogens with one attached hydrogen (secondary N) is 2. The summed E-state index contributed by atoms with van der Waals surface area (Å²) >= 11 is 0. The molecule has 7 nitrogen and oxygen atoms in total. The molecule has 0 radical (unpaired) electrons. The van der Waals surface area contributed by atoms with Gasteiger partial charge in [0, 0.05) is 25.0 Å². The number of aromatic amines is 1. The molecule has 0 bridgehead atoms. The molecule has 1 aliphatic heterocycles. The zero-order valence-corrected chi connectivity index (χ0v) is 15.4. The van der Waals surface area contributed by atoms with E-state index < -0.39 is 23.4 Å². The molecule has 1 aromatic carbocycles. The highest BCUT2D eigenvalue weighted by Crippen LogP contribution is 2.33. The first-order valence-electron chi connectivity index (χ1n) is 8.99. The number of nitrogens with zero attached hydrogens (tertiary/aromatic N) is 3. The smallest absolute Gasteiger partial charge is 0.391 e. The van der Waals surface area contributed by atoms with Crippen molar-refractivity contribution < 1.29 is 18.3 Å². The molecule has 0 amide bonds. The molecular formula is C19H18F3N5O2. The fourth-order valence-corrected chi connectivity index (χ4v) is 3.39. The number of alkyl halides is 3. The largest absolute Gasteiger partial charge is 0.416 e. The summed E-state index contributed by atoms with van der Waals surface area (Å²) in [7, 11) is 0. The number of hydrogen-bond acceptors (Lipinski definition) is 6. The third-order valence-electron chi connectivity index (χ3n) is 4.72. The monoisotopic (exact) mass is 405 g/mol. The molecule has 2 aromatic heterocycles. The van der Waals surface area contributed by atoms with Crippen LogP contribution in [0.5, 0.6) is 0 Å². The van der Waals surface area contributed by atoms with Crippen molar-refractivity contribution in [3.05, 3.63) is 51.9 Å². The average Bonchev–Trinajstić information content (AvgIpc) is 3.07. The number of anilines is 3. The van der Waals surface area contributed by atoms with Gasteiger partial charge in [0.1, 0.15) is 11.2 Å². The van der Waals surface area contributed by atoms with Crippen molar-refractivity contribution in [1.82, 2.24) is 15.0 Å². The lowest BCUT2D eigenvalue weighted by atomic mass is 10.1. The molecule has 0 spiro atoms. The van der Waals surface area contributed by atoms with Crippen LogP contribution in [0.15, 0.2) is 35.3 Å². The van der Waals surface area contributed by atoms with Gasteiger partial charge in [-0.15, -0.1) is 0 Å². The Morgan fingerprint density at radius 1 is 1.28 bits per heavy atom. The second kappa shape index (κ2) is 7.03. The number of fused-ring (bicyclic) bond motifs is 1. The Labute approximate surface area is 163 Å². The van der Waals surface area contributed by atoms with Crippen LogP contribution < -0.4 is 15.8 Å². The van der Waals surface area contributed by atoms with Gasteiger partial charge < -0.3 is 20.3 Å². The Kier molecular flexibility index (Phi) is 4.65. The number of rotatable bonds is 3. The minimum Gasteiger partial charge on any atom is -0.391 e. The van der Waals surface area contributed by atoms with Crippen molar-refractivity contribution in [1.29, 1.82) is 0 Å².